The lowest BCUT2D eigenvalue weighted by Crippen LogP contribution is -2.37. The van der Waals surface area contributed by atoms with Crippen LogP contribution >= 0.6 is 22.9 Å². The molecule has 0 aliphatic carbocycles. The highest BCUT2D eigenvalue weighted by atomic mass is 35.5. The number of amides is 1. The molecule has 0 bridgehead atoms. The molecule has 0 aliphatic rings. The molecular formula is C20H18ClFN2O3S2. The average molecular weight is 453 g/mol. The van der Waals surface area contributed by atoms with Crippen LogP contribution < -0.4 is 5.32 Å². The molecular weight excluding hydrogens is 435 g/mol. The third-order valence-corrected chi connectivity index (χ3v) is 7.65. The molecule has 3 rings (SSSR count). The van der Waals surface area contributed by atoms with Gasteiger partial charge in [-0.15, -0.1) is 11.3 Å². The molecule has 1 aromatic heterocycles. The first-order chi connectivity index (χ1) is 13.7. The van der Waals surface area contributed by atoms with Crippen LogP contribution in [0.1, 0.15) is 16.8 Å². The minimum Gasteiger partial charge on any atom is -0.348 e. The van der Waals surface area contributed by atoms with Crippen LogP contribution in [0.15, 0.2) is 53.4 Å². The van der Waals surface area contributed by atoms with E-state index in [1.165, 1.54) is 18.3 Å². The first-order valence-electron chi connectivity index (χ1n) is 8.68. The van der Waals surface area contributed by atoms with E-state index in [1.807, 2.05) is 19.1 Å². The number of nitrogens with zero attached hydrogens (tertiary/aromatic N) is 1. The van der Waals surface area contributed by atoms with Crippen LogP contribution in [0.2, 0.25) is 5.02 Å². The van der Waals surface area contributed by atoms with E-state index in [1.54, 1.807) is 12.1 Å². The zero-order valence-electron chi connectivity index (χ0n) is 15.6. The Labute approximate surface area is 177 Å². The fourth-order valence-corrected chi connectivity index (χ4v) is 4.99. The molecule has 3 aromatic rings. The zero-order chi connectivity index (χ0) is 21.2. The maximum Gasteiger partial charge on any atom is 0.238 e. The number of thiazole rings is 1. The lowest BCUT2D eigenvalue weighted by atomic mass is 10.1. The summed E-state index contributed by atoms with van der Waals surface area (Å²) in [6.07, 6.45) is 0. The summed E-state index contributed by atoms with van der Waals surface area (Å²) in [5, 5.41) is 2.60. The fraction of sp³-hybridized carbons (Fsp3) is 0.200. The SMILES string of the molecule is Cc1sc(CNC(=O)C(C)S(=O)(=O)c2ccc(F)cc2)nc1-c1ccc(Cl)cc1. The summed E-state index contributed by atoms with van der Waals surface area (Å²) in [5.74, 6) is -1.19. The molecule has 0 radical (unpaired) electrons. The van der Waals surface area contributed by atoms with Gasteiger partial charge in [-0.25, -0.2) is 17.8 Å². The summed E-state index contributed by atoms with van der Waals surface area (Å²) in [7, 11) is -3.92. The van der Waals surface area contributed by atoms with Crippen LogP contribution in [-0.2, 0) is 21.2 Å². The van der Waals surface area contributed by atoms with E-state index in [0.29, 0.717) is 10.0 Å². The highest BCUT2D eigenvalue weighted by molar-refractivity contribution is 7.92. The summed E-state index contributed by atoms with van der Waals surface area (Å²) in [4.78, 5) is 17.8. The summed E-state index contributed by atoms with van der Waals surface area (Å²) in [6, 6.07) is 11.7. The molecule has 0 aliphatic heterocycles. The van der Waals surface area contributed by atoms with Crippen LogP contribution in [-0.4, -0.2) is 24.6 Å². The van der Waals surface area contributed by atoms with Crippen molar-refractivity contribution >= 4 is 38.7 Å². The molecule has 1 heterocycles. The Morgan fingerprint density at radius 3 is 2.41 bits per heavy atom. The minimum absolute atomic E-state index is 0.100. The van der Waals surface area contributed by atoms with Gasteiger partial charge in [0.1, 0.15) is 16.1 Å². The minimum atomic E-state index is -3.92. The van der Waals surface area contributed by atoms with Crippen molar-refractivity contribution in [2.24, 2.45) is 0 Å². The van der Waals surface area contributed by atoms with E-state index in [9.17, 15) is 17.6 Å². The number of carbonyl (C=O) groups excluding carboxylic acids is 1. The third kappa shape index (κ3) is 4.83. The number of hydrogen-bond donors (Lipinski definition) is 1. The lowest BCUT2D eigenvalue weighted by Gasteiger charge is -2.13. The molecule has 9 heteroatoms. The van der Waals surface area contributed by atoms with E-state index in [0.717, 1.165) is 40.4 Å². The number of carbonyl (C=O) groups is 1. The first kappa shape index (κ1) is 21.4. The highest BCUT2D eigenvalue weighted by Crippen LogP contribution is 2.28. The van der Waals surface area contributed by atoms with E-state index in [-0.39, 0.29) is 11.4 Å². The highest BCUT2D eigenvalue weighted by Gasteiger charge is 2.29. The predicted octanol–water partition coefficient (Wildman–Crippen LogP) is 4.39. The standard InChI is InChI=1S/C20H18ClFN2O3S2/c1-12-19(14-3-5-15(21)6-4-14)24-18(28-12)11-23-20(25)13(2)29(26,27)17-9-7-16(22)8-10-17/h3-10,13H,11H2,1-2H3,(H,23,25). The summed E-state index contributed by atoms with van der Waals surface area (Å²) in [5.41, 5.74) is 1.70. The van der Waals surface area contributed by atoms with Crippen molar-refractivity contribution in [2.45, 2.75) is 30.5 Å². The van der Waals surface area contributed by atoms with Gasteiger partial charge in [0.05, 0.1) is 17.1 Å². The Bertz CT molecular complexity index is 1130. The number of aromatic nitrogens is 1. The molecule has 1 N–H and O–H groups in total. The number of aryl methyl sites for hydroxylation is 1. The van der Waals surface area contributed by atoms with Gasteiger partial charge in [0.15, 0.2) is 9.84 Å². The molecule has 1 unspecified atom stereocenters. The Balaban J connectivity index is 1.69. The Kier molecular flexibility index (Phi) is 6.36. The normalized spacial score (nSPS) is 12.6. The Hall–Kier alpha value is -2.29. The molecule has 0 spiro atoms. The quantitative estimate of drug-likeness (QED) is 0.563. The van der Waals surface area contributed by atoms with E-state index in [2.05, 4.69) is 10.3 Å². The number of halogens is 2. The van der Waals surface area contributed by atoms with Crippen molar-refractivity contribution in [3.8, 4) is 11.3 Å². The molecule has 152 valence electrons. The van der Waals surface area contributed by atoms with Gasteiger partial charge in [-0.3, -0.25) is 4.79 Å². The summed E-state index contributed by atoms with van der Waals surface area (Å²) >= 11 is 7.34. The fourth-order valence-electron chi connectivity index (χ4n) is 2.68. The van der Waals surface area contributed by atoms with Crippen molar-refractivity contribution in [2.75, 3.05) is 0 Å². The largest absolute Gasteiger partial charge is 0.348 e. The smallest absolute Gasteiger partial charge is 0.238 e. The summed E-state index contributed by atoms with van der Waals surface area (Å²) in [6.45, 7) is 3.34. The monoisotopic (exact) mass is 452 g/mol. The lowest BCUT2D eigenvalue weighted by molar-refractivity contribution is -0.120. The number of hydrogen-bond acceptors (Lipinski definition) is 5. The number of rotatable bonds is 6. The molecule has 2 aromatic carbocycles. The molecule has 0 fully saturated rings. The van der Waals surface area contributed by atoms with Gasteiger partial charge in [-0.1, -0.05) is 23.7 Å². The van der Waals surface area contributed by atoms with Gasteiger partial charge in [-0.2, -0.15) is 0 Å². The maximum atomic E-state index is 13.0. The summed E-state index contributed by atoms with van der Waals surface area (Å²) < 4.78 is 38.2. The molecule has 0 saturated carbocycles. The Morgan fingerprint density at radius 1 is 1.17 bits per heavy atom. The van der Waals surface area contributed by atoms with E-state index in [4.69, 9.17) is 11.6 Å². The first-order valence-corrected chi connectivity index (χ1v) is 11.4. The van der Waals surface area contributed by atoms with E-state index >= 15 is 0 Å². The van der Waals surface area contributed by atoms with Gasteiger partial charge < -0.3 is 5.32 Å². The van der Waals surface area contributed by atoms with Crippen molar-refractivity contribution in [1.29, 1.82) is 0 Å². The second-order valence-corrected chi connectivity index (χ2v) is 10.4. The van der Waals surface area contributed by atoms with Crippen LogP contribution in [0.4, 0.5) is 4.39 Å². The molecule has 5 nitrogen and oxygen atoms in total. The maximum absolute atomic E-state index is 13.0. The van der Waals surface area contributed by atoms with Gasteiger partial charge in [-0.05, 0) is 50.2 Å². The number of benzene rings is 2. The third-order valence-electron chi connectivity index (χ3n) is 4.35. The van der Waals surface area contributed by atoms with Crippen LogP contribution in [0, 0.1) is 12.7 Å². The van der Waals surface area contributed by atoms with E-state index < -0.39 is 26.8 Å². The number of nitrogens with one attached hydrogen (secondary N) is 1. The van der Waals surface area contributed by atoms with Gasteiger partial charge in [0.2, 0.25) is 5.91 Å². The molecule has 1 atom stereocenters. The second-order valence-electron chi connectivity index (χ2n) is 6.38. The average Bonchev–Trinajstić information content (AvgIpc) is 3.07. The van der Waals surface area contributed by atoms with Gasteiger partial charge in [0.25, 0.3) is 0 Å². The zero-order valence-corrected chi connectivity index (χ0v) is 18.0. The van der Waals surface area contributed by atoms with Gasteiger partial charge in [0, 0.05) is 15.5 Å². The van der Waals surface area contributed by atoms with Crippen molar-refractivity contribution in [3.63, 3.8) is 0 Å². The second kappa shape index (κ2) is 8.61. The van der Waals surface area contributed by atoms with Crippen LogP contribution in [0.25, 0.3) is 11.3 Å². The topological polar surface area (TPSA) is 76.1 Å². The van der Waals surface area contributed by atoms with Crippen LogP contribution in [0.5, 0.6) is 0 Å². The van der Waals surface area contributed by atoms with Crippen molar-refractivity contribution in [3.05, 3.63) is 69.3 Å². The van der Waals surface area contributed by atoms with Crippen LogP contribution in [0.3, 0.4) is 0 Å². The van der Waals surface area contributed by atoms with Gasteiger partial charge >= 0.3 is 0 Å². The molecule has 1 amide bonds. The van der Waals surface area contributed by atoms with Crippen molar-refractivity contribution in [1.82, 2.24) is 10.3 Å². The molecule has 0 saturated heterocycles. The molecule has 29 heavy (non-hydrogen) atoms. The predicted molar refractivity (Wildman–Crippen MR) is 112 cm³/mol. The van der Waals surface area contributed by atoms with Crippen molar-refractivity contribution < 1.29 is 17.6 Å². The Morgan fingerprint density at radius 2 is 1.79 bits per heavy atom. The number of sulfone groups is 1.